The summed E-state index contributed by atoms with van der Waals surface area (Å²) in [6.45, 7) is 4.07. The van der Waals surface area contributed by atoms with Gasteiger partial charge in [-0.05, 0) is 93.9 Å². The number of amides is 2. The van der Waals surface area contributed by atoms with Gasteiger partial charge in [0.25, 0.3) is 0 Å². The number of likely N-dealkylation sites (N-methyl/N-ethyl adjacent to an activating group) is 1. The second kappa shape index (κ2) is 11.5. The molecule has 1 aromatic rings. The molecule has 4 saturated carbocycles. The summed E-state index contributed by atoms with van der Waals surface area (Å²) >= 11 is 0. The van der Waals surface area contributed by atoms with E-state index in [9.17, 15) is 9.59 Å². The van der Waals surface area contributed by atoms with E-state index >= 15 is 0 Å². The maximum absolute atomic E-state index is 13.0. The molecule has 6 rings (SSSR count). The molecule has 4 aliphatic carbocycles. The number of benzene rings is 1. The molecule has 7 nitrogen and oxygen atoms in total. The molecule has 7 heteroatoms. The van der Waals surface area contributed by atoms with Crippen LogP contribution in [0.5, 0.6) is 5.75 Å². The number of hydrogen-bond donors (Lipinski definition) is 2. The molecular formula is C29H43N3O4. The molecule has 198 valence electrons. The Hall–Kier alpha value is -2.12. The van der Waals surface area contributed by atoms with Crippen molar-refractivity contribution in [2.45, 2.75) is 70.4 Å². The molecule has 2 N–H and O–H groups in total. The lowest BCUT2D eigenvalue weighted by atomic mass is 9.49. The zero-order valence-electron chi connectivity index (χ0n) is 21.8. The normalized spacial score (nSPS) is 29.3. The van der Waals surface area contributed by atoms with Crippen molar-refractivity contribution >= 4 is 11.8 Å². The maximum Gasteiger partial charge on any atom is 0.226 e. The van der Waals surface area contributed by atoms with E-state index in [-0.39, 0.29) is 17.2 Å². The van der Waals surface area contributed by atoms with E-state index in [0.29, 0.717) is 32.2 Å². The van der Waals surface area contributed by atoms with Gasteiger partial charge in [-0.1, -0.05) is 12.1 Å². The molecule has 36 heavy (non-hydrogen) atoms. The van der Waals surface area contributed by atoms with Crippen molar-refractivity contribution in [3.8, 4) is 5.75 Å². The summed E-state index contributed by atoms with van der Waals surface area (Å²) in [6, 6.07) is 8.48. The predicted molar refractivity (Wildman–Crippen MR) is 138 cm³/mol. The number of carbonyl (C=O) groups is 2. The van der Waals surface area contributed by atoms with E-state index in [1.165, 1.54) is 19.3 Å². The Labute approximate surface area is 215 Å². The van der Waals surface area contributed by atoms with Crippen molar-refractivity contribution in [1.82, 2.24) is 15.5 Å². The van der Waals surface area contributed by atoms with Crippen molar-refractivity contribution in [2.24, 2.45) is 23.2 Å². The molecule has 0 aromatic heterocycles. The van der Waals surface area contributed by atoms with Gasteiger partial charge in [0.15, 0.2) is 0 Å². The van der Waals surface area contributed by atoms with Crippen molar-refractivity contribution < 1.29 is 19.1 Å². The molecule has 1 heterocycles. The minimum Gasteiger partial charge on any atom is -0.492 e. The fraction of sp³-hybridized carbons (Fsp3) is 0.724. The topological polar surface area (TPSA) is 79.9 Å². The summed E-state index contributed by atoms with van der Waals surface area (Å²) in [5.41, 5.74) is 0.863. The second-order valence-electron chi connectivity index (χ2n) is 11.8. The molecule has 1 saturated heterocycles. The third kappa shape index (κ3) is 6.23. The van der Waals surface area contributed by atoms with E-state index in [1.807, 2.05) is 24.3 Å². The highest BCUT2D eigenvalue weighted by atomic mass is 16.5. The van der Waals surface area contributed by atoms with Crippen LogP contribution < -0.4 is 15.4 Å². The molecule has 0 unspecified atom stereocenters. The number of nitrogens with one attached hydrogen (secondary N) is 2. The Bertz CT molecular complexity index is 878. The minimum atomic E-state index is -0.148. The Morgan fingerprint density at radius 1 is 1.06 bits per heavy atom. The van der Waals surface area contributed by atoms with Crippen molar-refractivity contribution in [1.29, 1.82) is 0 Å². The number of ether oxygens (including phenoxy) is 2. The standard InChI is InChI=1S/C29H43N3O4/c1-32(25-6-10-35-11-7-25)9-12-36-26-4-2-3-21(16-26)20-31-27(33)5-8-30-28(34)29-17-22-13-23(18-29)15-24(14-22)19-29/h2-4,16,22-25H,5-15,17-20H2,1H3,(H,30,34)(H,31,33). The average Bonchev–Trinajstić information content (AvgIpc) is 2.87. The molecule has 1 aliphatic heterocycles. The Morgan fingerprint density at radius 2 is 1.75 bits per heavy atom. The van der Waals surface area contributed by atoms with Gasteiger partial charge in [0, 0.05) is 50.7 Å². The van der Waals surface area contributed by atoms with Crippen LogP contribution in [0.25, 0.3) is 0 Å². The molecule has 0 radical (unpaired) electrons. The van der Waals surface area contributed by atoms with E-state index in [0.717, 1.165) is 80.9 Å². The van der Waals surface area contributed by atoms with Crippen LogP contribution in [-0.4, -0.2) is 62.7 Å². The van der Waals surface area contributed by atoms with Crippen LogP contribution in [0.3, 0.4) is 0 Å². The highest BCUT2D eigenvalue weighted by Gasteiger charge is 2.54. The SMILES string of the molecule is CN(CCOc1cccc(CNC(=O)CCNC(=O)C23CC4CC(CC(C4)C2)C3)c1)C1CCOCC1. The molecule has 0 spiro atoms. The molecule has 5 fully saturated rings. The van der Waals surface area contributed by atoms with Gasteiger partial charge in [0.2, 0.25) is 11.8 Å². The third-order valence-corrected chi connectivity index (χ3v) is 9.07. The Morgan fingerprint density at radius 3 is 2.44 bits per heavy atom. The fourth-order valence-corrected chi connectivity index (χ4v) is 7.52. The van der Waals surface area contributed by atoms with Crippen LogP contribution in [0.2, 0.25) is 0 Å². The third-order valence-electron chi connectivity index (χ3n) is 9.07. The second-order valence-corrected chi connectivity index (χ2v) is 11.8. The first-order chi connectivity index (χ1) is 17.5. The van der Waals surface area contributed by atoms with Crippen LogP contribution in [0.4, 0.5) is 0 Å². The summed E-state index contributed by atoms with van der Waals surface area (Å²) in [5.74, 6) is 3.23. The smallest absolute Gasteiger partial charge is 0.226 e. The predicted octanol–water partition coefficient (Wildman–Crippen LogP) is 3.52. The van der Waals surface area contributed by atoms with Gasteiger partial charge in [0.1, 0.15) is 12.4 Å². The van der Waals surface area contributed by atoms with E-state index in [2.05, 4.69) is 22.6 Å². The maximum atomic E-state index is 13.0. The van der Waals surface area contributed by atoms with Gasteiger partial charge < -0.3 is 20.1 Å². The summed E-state index contributed by atoms with van der Waals surface area (Å²) in [6.07, 6.45) is 9.63. The van der Waals surface area contributed by atoms with Gasteiger partial charge in [-0.2, -0.15) is 0 Å². The highest BCUT2D eigenvalue weighted by Crippen LogP contribution is 2.60. The van der Waals surface area contributed by atoms with Crippen LogP contribution >= 0.6 is 0 Å². The molecule has 1 aromatic carbocycles. The van der Waals surface area contributed by atoms with E-state index in [4.69, 9.17) is 9.47 Å². The summed E-state index contributed by atoms with van der Waals surface area (Å²) in [7, 11) is 2.15. The average molecular weight is 498 g/mol. The Balaban J connectivity index is 0.993. The monoisotopic (exact) mass is 497 g/mol. The van der Waals surface area contributed by atoms with Gasteiger partial charge >= 0.3 is 0 Å². The van der Waals surface area contributed by atoms with Gasteiger partial charge in [0.05, 0.1) is 0 Å². The Kier molecular flexibility index (Phi) is 8.16. The zero-order valence-corrected chi connectivity index (χ0v) is 21.8. The highest BCUT2D eigenvalue weighted by molar-refractivity contribution is 5.84. The van der Waals surface area contributed by atoms with Gasteiger partial charge in [-0.15, -0.1) is 0 Å². The lowest BCUT2D eigenvalue weighted by Crippen LogP contribution is -2.53. The zero-order chi connectivity index (χ0) is 25.0. The van der Waals surface area contributed by atoms with Gasteiger partial charge in [-0.25, -0.2) is 0 Å². The lowest BCUT2D eigenvalue weighted by Gasteiger charge is -2.55. The molecule has 4 bridgehead atoms. The molecule has 5 aliphatic rings. The van der Waals surface area contributed by atoms with Crippen molar-refractivity contribution in [3.63, 3.8) is 0 Å². The van der Waals surface area contributed by atoms with Gasteiger partial charge in [-0.3, -0.25) is 14.5 Å². The largest absolute Gasteiger partial charge is 0.492 e. The summed E-state index contributed by atoms with van der Waals surface area (Å²) < 4.78 is 11.4. The number of nitrogens with zero attached hydrogens (tertiary/aromatic N) is 1. The number of hydrogen-bond acceptors (Lipinski definition) is 5. The van der Waals surface area contributed by atoms with Crippen molar-refractivity contribution in [3.05, 3.63) is 29.8 Å². The van der Waals surface area contributed by atoms with Crippen LogP contribution in [-0.2, 0) is 20.9 Å². The first-order valence-corrected chi connectivity index (χ1v) is 14.0. The molecule has 0 atom stereocenters. The summed E-state index contributed by atoms with van der Waals surface area (Å²) in [4.78, 5) is 27.8. The molecular weight excluding hydrogens is 454 g/mol. The molecule has 2 amide bonds. The fourth-order valence-electron chi connectivity index (χ4n) is 7.52. The van der Waals surface area contributed by atoms with Crippen LogP contribution in [0.15, 0.2) is 24.3 Å². The first kappa shape index (κ1) is 25.5. The number of carbonyl (C=O) groups excluding carboxylic acids is 2. The van der Waals surface area contributed by atoms with E-state index in [1.54, 1.807) is 0 Å². The van der Waals surface area contributed by atoms with Crippen molar-refractivity contribution in [2.75, 3.05) is 40.0 Å². The summed E-state index contributed by atoms with van der Waals surface area (Å²) in [5, 5.41) is 6.09. The van der Waals surface area contributed by atoms with Crippen LogP contribution in [0.1, 0.15) is 63.4 Å². The van der Waals surface area contributed by atoms with E-state index < -0.39 is 0 Å². The lowest BCUT2D eigenvalue weighted by molar-refractivity contribution is -0.146. The minimum absolute atomic E-state index is 0.0368. The van der Waals surface area contributed by atoms with Crippen LogP contribution in [0, 0.1) is 23.2 Å². The number of rotatable bonds is 11. The quantitative estimate of drug-likeness (QED) is 0.489. The first-order valence-electron chi connectivity index (χ1n) is 14.0.